The van der Waals surface area contributed by atoms with Crippen LogP contribution in [0.3, 0.4) is 0 Å². The maximum atomic E-state index is 11.0. The van der Waals surface area contributed by atoms with Gasteiger partial charge in [0.25, 0.3) is 0 Å². The van der Waals surface area contributed by atoms with E-state index in [0.717, 1.165) is 18.4 Å². The zero-order chi connectivity index (χ0) is 12.8. The van der Waals surface area contributed by atoms with Gasteiger partial charge in [-0.2, -0.15) is 0 Å². The van der Waals surface area contributed by atoms with Crippen LogP contribution in [-0.2, 0) is 0 Å². The molecule has 5 atom stereocenters. The minimum Gasteiger partial charge on any atom is -0.389 e. The van der Waals surface area contributed by atoms with E-state index in [1.807, 2.05) is 13.0 Å². The summed E-state index contributed by atoms with van der Waals surface area (Å²) in [4.78, 5) is 0. The fourth-order valence-corrected chi connectivity index (χ4v) is 3.89. The first-order valence-corrected chi connectivity index (χ1v) is 6.95. The highest BCUT2D eigenvalue weighted by Gasteiger charge is 2.53. The molecule has 0 radical (unpaired) electrons. The third-order valence-electron chi connectivity index (χ3n) is 5.24. The van der Waals surface area contributed by atoms with Gasteiger partial charge in [-0.3, -0.25) is 0 Å². The zero-order valence-electron chi connectivity index (χ0n) is 11.5. The molecule has 2 aliphatic carbocycles. The van der Waals surface area contributed by atoms with Gasteiger partial charge in [0, 0.05) is 5.92 Å². The minimum absolute atomic E-state index is 0.0243. The normalized spacial score (nSPS) is 46.6. The van der Waals surface area contributed by atoms with Crippen LogP contribution in [0, 0.1) is 23.7 Å². The van der Waals surface area contributed by atoms with E-state index in [2.05, 4.69) is 20.8 Å². The average Bonchev–Trinajstić information content (AvgIpc) is 2.26. The van der Waals surface area contributed by atoms with Crippen LogP contribution in [0.4, 0.5) is 0 Å². The van der Waals surface area contributed by atoms with Crippen LogP contribution in [0.2, 0.25) is 0 Å². The van der Waals surface area contributed by atoms with Crippen LogP contribution in [0.15, 0.2) is 11.6 Å². The molecule has 2 N–H and O–H groups in total. The lowest BCUT2D eigenvalue weighted by atomic mass is 9.56. The monoisotopic (exact) mass is 238 g/mol. The van der Waals surface area contributed by atoms with Gasteiger partial charge in [-0.05, 0) is 49.5 Å². The Labute approximate surface area is 105 Å². The van der Waals surface area contributed by atoms with E-state index in [1.54, 1.807) is 0 Å². The van der Waals surface area contributed by atoms with Gasteiger partial charge in [-0.1, -0.05) is 26.8 Å². The summed E-state index contributed by atoms with van der Waals surface area (Å²) in [7, 11) is 0. The third kappa shape index (κ3) is 1.96. The fraction of sp³-hybridized carbons (Fsp3) is 0.867. The lowest BCUT2D eigenvalue weighted by molar-refractivity contribution is -0.155. The number of fused-ring (bicyclic) bond motifs is 1. The van der Waals surface area contributed by atoms with Crippen LogP contribution >= 0.6 is 0 Å². The van der Waals surface area contributed by atoms with Crippen LogP contribution < -0.4 is 0 Å². The summed E-state index contributed by atoms with van der Waals surface area (Å²) in [5, 5.41) is 21.4. The molecule has 2 heteroatoms. The van der Waals surface area contributed by atoms with Crippen molar-refractivity contribution in [3.8, 4) is 0 Å². The smallest absolute Gasteiger partial charge is 0.0806 e. The maximum Gasteiger partial charge on any atom is 0.0806 e. The van der Waals surface area contributed by atoms with Crippen molar-refractivity contribution in [2.75, 3.05) is 0 Å². The molecule has 0 spiro atoms. The van der Waals surface area contributed by atoms with Crippen molar-refractivity contribution in [2.24, 2.45) is 23.7 Å². The molecule has 2 nitrogen and oxygen atoms in total. The van der Waals surface area contributed by atoms with Crippen molar-refractivity contribution >= 4 is 0 Å². The Morgan fingerprint density at radius 3 is 2.59 bits per heavy atom. The van der Waals surface area contributed by atoms with Crippen molar-refractivity contribution in [3.05, 3.63) is 11.6 Å². The Hall–Kier alpha value is -0.340. The molecule has 1 fully saturated rings. The van der Waals surface area contributed by atoms with Crippen molar-refractivity contribution in [1.29, 1.82) is 0 Å². The standard InChI is InChI=1S/C15H26O2/c1-9(2)12-6-5-11(4)15(17)8-7-10(3)14(16)13(12)15/h7,9,11-14,16-17H,5-6,8H2,1-4H3/t11-,12+,13-,14-,15-/m1/s1. The molecular weight excluding hydrogens is 212 g/mol. The largest absolute Gasteiger partial charge is 0.389 e. The predicted octanol–water partition coefficient (Wildman–Crippen LogP) is 2.75. The highest BCUT2D eigenvalue weighted by molar-refractivity contribution is 5.20. The van der Waals surface area contributed by atoms with E-state index < -0.39 is 11.7 Å². The quantitative estimate of drug-likeness (QED) is 0.690. The Balaban J connectivity index is 2.38. The Morgan fingerprint density at radius 1 is 1.35 bits per heavy atom. The highest BCUT2D eigenvalue weighted by Crippen LogP contribution is 2.51. The number of aliphatic hydroxyl groups excluding tert-OH is 1. The number of hydrogen-bond donors (Lipinski definition) is 2. The fourth-order valence-electron chi connectivity index (χ4n) is 3.89. The Bertz CT molecular complexity index is 321. The average molecular weight is 238 g/mol. The lowest BCUT2D eigenvalue weighted by Gasteiger charge is -2.53. The second-order valence-electron chi connectivity index (χ2n) is 6.50. The summed E-state index contributed by atoms with van der Waals surface area (Å²) in [5.41, 5.74) is 0.353. The molecule has 98 valence electrons. The molecule has 0 amide bonds. The molecule has 0 saturated heterocycles. The van der Waals surface area contributed by atoms with Crippen molar-refractivity contribution in [3.63, 3.8) is 0 Å². The van der Waals surface area contributed by atoms with Gasteiger partial charge in [0.15, 0.2) is 0 Å². The molecule has 0 heterocycles. The topological polar surface area (TPSA) is 40.5 Å². The molecular formula is C15H26O2. The van der Waals surface area contributed by atoms with Gasteiger partial charge in [0.05, 0.1) is 11.7 Å². The van der Waals surface area contributed by atoms with Gasteiger partial charge in [-0.15, -0.1) is 0 Å². The third-order valence-corrected chi connectivity index (χ3v) is 5.24. The summed E-state index contributed by atoms with van der Waals surface area (Å²) >= 11 is 0. The first-order valence-electron chi connectivity index (χ1n) is 6.95. The minimum atomic E-state index is -0.688. The maximum absolute atomic E-state index is 11.0. The van der Waals surface area contributed by atoms with Crippen LogP contribution in [0.25, 0.3) is 0 Å². The molecule has 1 saturated carbocycles. The second-order valence-corrected chi connectivity index (χ2v) is 6.50. The SMILES string of the molecule is CC1=CC[C@]2(O)[C@@H]([C@@H]1O)[C@H](C(C)C)CC[C@H]2C. The van der Waals surface area contributed by atoms with Gasteiger partial charge < -0.3 is 10.2 Å². The van der Waals surface area contributed by atoms with Crippen molar-refractivity contribution < 1.29 is 10.2 Å². The molecule has 2 rings (SSSR count). The molecule has 0 aromatic rings. The molecule has 0 aliphatic heterocycles. The molecule has 2 aliphatic rings. The highest BCUT2D eigenvalue weighted by atomic mass is 16.3. The predicted molar refractivity (Wildman–Crippen MR) is 69.5 cm³/mol. The van der Waals surface area contributed by atoms with E-state index in [0.29, 0.717) is 24.2 Å². The summed E-state index contributed by atoms with van der Waals surface area (Å²) in [6, 6.07) is 0. The van der Waals surface area contributed by atoms with E-state index in [1.165, 1.54) is 0 Å². The molecule has 0 unspecified atom stereocenters. The molecule has 0 bridgehead atoms. The van der Waals surface area contributed by atoms with Gasteiger partial charge >= 0.3 is 0 Å². The number of hydrogen-bond acceptors (Lipinski definition) is 2. The first-order chi connectivity index (χ1) is 7.88. The Kier molecular flexibility index (Phi) is 3.39. The summed E-state index contributed by atoms with van der Waals surface area (Å²) in [5.74, 6) is 1.28. The van der Waals surface area contributed by atoms with E-state index in [9.17, 15) is 10.2 Å². The summed E-state index contributed by atoms with van der Waals surface area (Å²) in [6.45, 7) is 8.54. The molecule has 17 heavy (non-hydrogen) atoms. The van der Waals surface area contributed by atoms with Crippen LogP contribution in [0.5, 0.6) is 0 Å². The Morgan fingerprint density at radius 2 is 2.00 bits per heavy atom. The van der Waals surface area contributed by atoms with E-state index in [-0.39, 0.29) is 5.92 Å². The van der Waals surface area contributed by atoms with Crippen LogP contribution in [-0.4, -0.2) is 21.9 Å². The van der Waals surface area contributed by atoms with E-state index in [4.69, 9.17) is 0 Å². The van der Waals surface area contributed by atoms with Crippen molar-refractivity contribution in [1.82, 2.24) is 0 Å². The van der Waals surface area contributed by atoms with Gasteiger partial charge in [0.1, 0.15) is 0 Å². The van der Waals surface area contributed by atoms with Crippen molar-refractivity contribution in [2.45, 2.75) is 58.7 Å². The zero-order valence-corrected chi connectivity index (χ0v) is 11.5. The van der Waals surface area contributed by atoms with E-state index >= 15 is 0 Å². The lowest BCUT2D eigenvalue weighted by Crippen LogP contribution is -2.57. The second kappa shape index (κ2) is 4.40. The first kappa shape index (κ1) is 13.1. The molecule has 0 aromatic carbocycles. The van der Waals surface area contributed by atoms with Gasteiger partial charge in [0.2, 0.25) is 0 Å². The van der Waals surface area contributed by atoms with Crippen LogP contribution in [0.1, 0.15) is 47.0 Å². The molecule has 0 aromatic heterocycles. The summed E-state index contributed by atoms with van der Waals surface area (Å²) in [6.07, 6.45) is 4.50. The summed E-state index contributed by atoms with van der Waals surface area (Å²) < 4.78 is 0. The number of rotatable bonds is 1. The van der Waals surface area contributed by atoms with Gasteiger partial charge in [-0.25, -0.2) is 0 Å². The number of aliphatic hydroxyl groups is 2.